The van der Waals surface area contributed by atoms with Crippen LogP contribution < -0.4 is 0 Å². The summed E-state index contributed by atoms with van der Waals surface area (Å²) in [4.78, 5) is 23.1. The van der Waals surface area contributed by atoms with E-state index in [-0.39, 0.29) is 17.4 Å². The van der Waals surface area contributed by atoms with Crippen molar-refractivity contribution in [3.05, 3.63) is 23.8 Å². The Kier molecular flexibility index (Phi) is 10.4. The molecule has 0 heterocycles. The molecule has 1 N–H and O–H groups in total. The van der Waals surface area contributed by atoms with E-state index in [0.717, 1.165) is 25.7 Å². The van der Waals surface area contributed by atoms with Gasteiger partial charge >= 0.3 is 5.97 Å². The Morgan fingerprint density at radius 2 is 1.91 bits per heavy atom. The molecule has 0 bridgehead atoms. The molecule has 0 spiro atoms. The van der Waals surface area contributed by atoms with Crippen LogP contribution in [-0.4, -0.2) is 31.3 Å². The number of unbranched alkanes of at least 4 members (excludes halogenated alkanes) is 1. The summed E-state index contributed by atoms with van der Waals surface area (Å²) in [6.07, 6.45) is 18.0. The molecule has 4 nitrogen and oxygen atoms in total. The van der Waals surface area contributed by atoms with Crippen molar-refractivity contribution in [2.75, 3.05) is 0 Å². The molecule has 2 aliphatic rings. The lowest BCUT2D eigenvalue weighted by Gasteiger charge is -2.42. The second kappa shape index (κ2) is 12.3. The van der Waals surface area contributed by atoms with E-state index in [0.29, 0.717) is 30.6 Å². The van der Waals surface area contributed by atoms with Crippen molar-refractivity contribution < 1.29 is 19.1 Å². The van der Waals surface area contributed by atoms with Crippen molar-refractivity contribution >= 4 is 20.1 Å². The van der Waals surface area contributed by atoms with Gasteiger partial charge in [-0.3, -0.25) is 9.59 Å². The Morgan fingerprint density at radius 3 is 2.53 bits per heavy atom. The van der Waals surface area contributed by atoms with Crippen molar-refractivity contribution in [2.45, 2.75) is 122 Å². The van der Waals surface area contributed by atoms with Crippen LogP contribution in [0.25, 0.3) is 0 Å². The molecule has 5 heteroatoms. The van der Waals surface area contributed by atoms with Crippen molar-refractivity contribution in [2.24, 2.45) is 11.8 Å². The van der Waals surface area contributed by atoms with Crippen LogP contribution in [-0.2, 0) is 14.0 Å². The first-order valence-corrected chi connectivity index (χ1v) is 15.7. The number of hydrogen-bond donors (Lipinski definition) is 1. The lowest BCUT2D eigenvalue weighted by atomic mass is 9.82. The second-order valence-corrected chi connectivity index (χ2v) is 16.1. The fourth-order valence-corrected chi connectivity index (χ4v) is 6.19. The van der Waals surface area contributed by atoms with Crippen LogP contribution >= 0.6 is 0 Å². The minimum atomic E-state index is -1.84. The zero-order valence-corrected chi connectivity index (χ0v) is 22.1. The molecular weight excluding hydrogens is 416 g/mol. The van der Waals surface area contributed by atoms with E-state index < -0.39 is 14.3 Å². The Labute approximate surface area is 197 Å². The predicted molar refractivity (Wildman–Crippen MR) is 134 cm³/mol. The van der Waals surface area contributed by atoms with E-state index in [1.165, 1.54) is 37.7 Å². The molecule has 2 aliphatic carbocycles. The zero-order chi connectivity index (χ0) is 23.8. The summed E-state index contributed by atoms with van der Waals surface area (Å²) in [6, 6.07) is 0. The van der Waals surface area contributed by atoms with Gasteiger partial charge < -0.3 is 9.53 Å². The topological polar surface area (TPSA) is 63.6 Å². The number of hydrogen-bond acceptors (Lipinski definition) is 3. The standard InChI is InChI=1S/C27H46O4Si/c1-27(2,3)32(4,5)31-25(22-13-9-8-10-14-22)20-18-21-17-19-24(28)23(21)15-11-6-7-12-16-26(29)30/h6,11,17,22-23,25H,7-10,12-16,18-20H2,1-5H3,(H,29,30)/b11-6-/t23-,25+/m1/s1. The van der Waals surface area contributed by atoms with Gasteiger partial charge in [0.2, 0.25) is 0 Å². The number of carboxylic acids is 1. The van der Waals surface area contributed by atoms with E-state index in [4.69, 9.17) is 9.53 Å². The molecule has 0 radical (unpaired) electrons. The molecule has 0 unspecified atom stereocenters. The van der Waals surface area contributed by atoms with E-state index in [9.17, 15) is 9.59 Å². The van der Waals surface area contributed by atoms with Gasteiger partial charge in [0.25, 0.3) is 0 Å². The van der Waals surface area contributed by atoms with Gasteiger partial charge in [0.1, 0.15) is 5.78 Å². The summed E-state index contributed by atoms with van der Waals surface area (Å²) in [6.45, 7) is 11.7. The normalized spacial score (nSPS) is 21.8. The van der Waals surface area contributed by atoms with Crippen LogP contribution in [0.15, 0.2) is 23.8 Å². The molecule has 32 heavy (non-hydrogen) atoms. The highest BCUT2D eigenvalue weighted by Gasteiger charge is 2.41. The molecule has 1 saturated carbocycles. The van der Waals surface area contributed by atoms with E-state index in [1.807, 2.05) is 6.08 Å². The first-order chi connectivity index (χ1) is 15.0. The maximum atomic E-state index is 12.5. The molecule has 0 amide bonds. The average Bonchev–Trinajstić information content (AvgIpc) is 3.07. The Balaban J connectivity index is 1.96. The Bertz CT molecular complexity index is 680. The van der Waals surface area contributed by atoms with Crippen LogP contribution in [0, 0.1) is 11.8 Å². The summed E-state index contributed by atoms with van der Waals surface area (Å²) in [5, 5.41) is 8.95. The molecule has 0 saturated heterocycles. The number of carbonyl (C=O) groups excluding carboxylic acids is 1. The maximum absolute atomic E-state index is 12.5. The minimum absolute atomic E-state index is 0.00519. The van der Waals surface area contributed by atoms with Crippen LogP contribution in [0.2, 0.25) is 18.1 Å². The first kappa shape index (κ1) is 27.0. The van der Waals surface area contributed by atoms with Gasteiger partial charge in [-0.2, -0.15) is 0 Å². The summed E-state index contributed by atoms with van der Waals surface area (Å²) >= 11 is 0. The number of ketones is 1. The van der Waals surface area contributed by atoms with Crippen LogP contribution in [0.1, 0.15) is 97.8 Å². The highest BCUT2D eigenvalue weighted by atomic mass is 28.4. The van der Waals surface area contributed by atoms with Gasteiger partial charge in [-0.05, 0) is 69.0 Å². The fraction of sp³-hybridized carbons (Fsp3) is 0.778. The molecular formula is C27H46O4Si. The number of carboxylic acid groups (broad SMARTS) is 1. The second-order valence-electron chi connectivity index (χ2n) is 11.3. The molecule has 0 aromatic rings. The fourth-order valence-electron chi connectivity index (χ4n) is 4.76. The number of aliphatic carboxylic acids is 1. The smallest absolute Gasteiger partial charge is 0.303 e. The van der Waals surface area contributed by atoms with Gasteiger partial charge in [-0.15, -0.1) is 0 Å². The predicted octanol–water partition coefficient (Wildman–Crippen LogP) is 7.45. The van der Waals surface area contributed by atoms with Crippen molar-refractivity contribution in [1.82, 2.24) is 0 Å². The van der Waals surface area contributed by atoms with E-state index in [1.54, 1.807) is 0 Å². The minimum Gasteiger partial charge on any atom is -0.481 e. The van der Waals surface area contributed by atoms with Crippen LogP contribution in [0.5, 0.6) is 0 Å². The molecule has 0 aliphatic heterocycles. The molecule has 2 rings (SSSR count). The van der Waals surface area contributed by atoms with Gasteiger partial charge in [0.05, 0.1) is 0 Å². The van der Waals surface area contributed by atoms with Crippen molar-refractivity contribution in [3.63, 3.8) is 0 Å². The molecule has 0 aromatic heterocycles. The molecule has 1 fully saturated rings. The number of rotatable bonds is 12. The van der Waals surface area contributed by atoms with Gasteiger partial charge in [0.15, 0.2) is 8.32 Å². The third-order valence-corrected chi connectivity index (χ3v) is 12.4. The van der Waals surface area contributed by atoms with Crippen molar-refractivity contribution in [1.29, 1.82) is 0 Å². The monoisotopic (exact) mass is 462 g/mol. The largest absolute Gasteiger partial charge is 0.481 e. The zero-order valence-electron chi connectivity index (χ0n) is 21.1. The number of carbonyl (C=O) groups is 2. The highest BCUT2D eigenvalue weighted by molar-refractivity contribution is 6.74. The Hall–Kier alpha value is -1.20. The summed E-state index contributed by atoms with van der Waals surface area (Å²) < 4.78 is 6.97. The molecule has 2 atom stereocenters. The average molecular weight is 463 g/mol. The number of Topliss-reactive ketones (excluding diaryl/α,β-unsaturated/α-hetero) is 1. The van der Waals surface area contributed by atoms with Crippen LogP contribution in [0.4, 0.5) is 0 Å². The lowest BCUT2D eigenvalue weighted by Crippen LogP contribution is -2.46. The van der Waals surface area contributed by atoms with E-state index in [2.05, 4.69) is 46.0 Å². The van der Waals surface area contributed by atoms with Gasteiger partial charge in [-0.1, -0.05) is 63.8 Å². The Morgan fingerprint density at radius 1 is 1.22 bits per heavy atom. The van der Waals surface area contributed by atoms with E-state index >= 15 is 0 Å². The summed E-state index contributed by atoms with van der Waals surface area (Å²) in [7, 11) is -1.84. The SMILES string of the molecule is CC(C)(C)[Si](C)(C)O[C@@H](CCC1=CCC(=O)[C@@H]1C/C=C\CCCC(=O)O)C1CCCCC1. The van der Waals surface area contributed by atoms with Gasteiger partial charge in [0, 0.05) is 24.9 Å². The summed E-state index contributed by atoms with van der Waals surface area (Å²) in [5.41, 5.74) is 1.30. The highest BCUT2D eigenvalue weighted by Crippen LogP contribution is 2.41. The van der Waals surface area contributed by atoms with Gasteiger partial charge in [-0.25, -0.2) is 0 Å². The maximum Gasteiger partial charge on any atom is 0.303 e. The number of allylic oxidation sites excluding steroid dienone is 4. The first-order valence-electron chi connectivity index (χ1n) is 12.8. The molecule has 0 aromatic carbocycles. The van der Waals surface area contributed by atoms with Crippen molar-refractivity contribution in [3.8, 4) is 0 Å². The quantitative estimate of drug-likeness (QED) is 0.186. The summed E-state index contributed by atoms with van der Waals surface area (Å²) in [5.74, 6) is 0.241. The molecule has 182 valence electrons. The lowest BCUT2D eigenvalue weighted by molar-refractivity contribution is -0.137. The third-order valence-electron chi connectivity index (χ3n) is 7.85. The third kappa shape index (κ3) is 8.29. The van der Waals surface area contributed by atoms with Crippen LogP contribution in [0.3, 0.4) is 0 Å².